The molecule has 1 N–H and O–H groups in total. The summed E-state index contributed by atoms with van der Waals surface area (Å²) in [5, 5.41) is 2.87. The largest absolute Gasteiger partial charge is 0.481 e. The third-order valence-corrected chi connectivity index (χ3v) is 3.45. The standard InChI is InChI=1S/C19H22N2O4/c1-13(2)25-18(22)11-16(14-7-5-4-6-8-14)21-19(23)15-9-10-17(24-3)20-12-15/h4-10,12-13,16H,11H2,1-3H3,(H,21,23). The molecule has 1 amide bonds. The molecule has 132 valence electrons. The highest BCUT2D eigenvalue weighted by molar-refractivity contribution is 5.94. The molecular weight excluding hydrogens is 320 g/mol. The first kappa shape index (κ1) is 18.4. The Balaban J connectivity index is 2.14. The molecule has 0 saturated carbocycles. The molecule has 0 spiro atoms. The molecule has 0 saturated heterocycles. The Bertz CT molecular complexity index is 699. The van der Waals surface area contributed by atoms with Crippen molar-refractivity contribution in [3.05, 3.63) is 59.8 Å². The van der Waals surface area contributed by atoms with Gasteiger partial charge in [-0.3, -0.25) is 9.59 Å². The number of carbonyl (C=O) groups is 2. The van der Waals surface area contributed by atoms with E-state index in [2.05, 4.69) is 10.3 Å². The van der Waals surface area contributed by atoms with Gasteiger partial charge in [0.05, 0.1) is 31.2 Å². The Labute approximate surface area is 147 Å². The summed E-state index contributed by atoms with van der Waals surface area (Å²) in [5.74, 6) is -0.255. The second-order valence-corrected chi connectivity index (χ2v) is 5.77. The van der Waals surface area contributed by atoms with Crippen molar-refractivity contribution in [3.63, 3.8) is 0 Å². The minimum Gasteiger partial charge on any atom is -0.481 e. The van der Waals surface area contributed by atoms with Crippen LogP contribution in [-0.2, 0) is 9.53 Å². The first-order valence-corrected chi connectivity index (χ1v) is 8.05. The van der Waals surface area contributed by atoms with Crippen LogP contribution in [0.3, 0.4) is 0 Å². The number of hydrogen-bond donors (Lipinski definition) is 1. The quantitative estimate of drug-likeness (QED) is 0.783. The number of pyridine rings is 1. The third kappa shape index (κ3) is 5.60. The maximum absolute atomic E-state index is 12.5. The zero-order valence-electron chi connectivity index (χ0n) is 14.6. The topological polar surface area (TPSA) is 77.5 Å². The van der Waals surface area contributed by atoms with Crippen LogP contribution in [0.1, 0.15) is 42.2 Å². The van der Waals surface area contributed by atoms with Gasteiger partial charge in [0, 0.05) is 12.3 Å². The molecule has 1 aromatic carbocycles. The zero-order valence-corrected chi connectivity index (χ0v) is 14.6. The lowest BCUT2D eigenvalue weighted by atomic mass is 10.0. The highest BCUT2D eigenvalue weighted by atomic mass is 16.5. The van der Waals surface area contributed by atoms with Crippen molar-refractivity contribution in [2.24, 2.45) is 0 Å². The van der Waals surface area contributed by atoms with Crippen LogP contribution in [0.2, 0.25) is 0 Å². The van der Waals surface area contributed by atoms with Crippen molar-refractivity contribution in [3.8, 4) is 5.88 Å². The maximum atomic E-state index is 12.5. The number of hydrogen-bond acceptors (Lipinski definition) is 5. The zero-order chi connectivity index (χ0) is 18.2. The number of nitrogens with one attached hydrogen (secondary N) is 1. The summed E-state index contributed by atoms with van der Waals surface area (Å²) in [6.45, 7) is 3.58. The maximum Gasteiger partial charge on any atom is 0.308 e. The van der Waals surface area contributed by atoms with Crippen molar-refractivity contribution in [2.75, 3.05) is 7.11 Å². The van der Waals surface area contributed by atoms with E-state index in [0.29, 0.717) is 11.4 Å². The van der Waals surface area contributed by atoms with Gasteiger partial charge in [0.1, 0.15) is 0 Å². The fraction of sp³-hybridized carbons (Fsp3) is 0.316. The van der Waals surface area contributed by atoms with Crippen LogP contribution in [0.15, 0.2) is 48.7 Å². The summed E-state index contributed by atoms with van der Waals surface area (Å²) in [4.78, 5) is 28.5. The molecule has 1 atom stereocenters. The summed E-state index contributed by atoms with van der Waals surface area (Å²) in [7, 11) is 1.51. The number of aromatic nitrogens is 1. The number of nitrogens with zero attached hydrogens (tertiary/aromatic N) is 1. The molecule has 0 aliphatic heterocycles. The van der Waals surface area contributed by atoms with Gasteiger partial charge in [-0.2, -0.15) is 0 Å². The van der Waals surface area contributed by atoms with Crippen LogP contribution in [-0.4, -0.2) is 30.1 Å². The normalized spacial score (nSPS) is 11.7. The molecule has 0 aliphatic carbocycles. The number of methoxy groups -OCH3 is 1. The van der Waals surface area contributed by atoms with E-state index in [1.807, 2.05) is 30.3 Å². The van der Waals surface area contributed by atoms with Gasteiger partial charge in [0.25, 0.3) is 5.91 Å². The summed E-state index contributed by atoms with van der Waals surface area (Å²) in [6, 6.07) is 12.1. The molecule has 6 nitrogen and oxygen atoms in total. The molecular formula is C19H22N2O4. The van der Waals surface area contributed by atoms with Gasteiger partial charge in [-0.1, -0.05) is 30.3 Å². The van der Waals surface area contributed by atoms with Crippen LogP contribution >= 0.6 is 0 Å². The van der Waals surface area contributed by atoms with E-state index in [0.717, 1.165) is 5.56 Å². The monoisotopic (exact) mass is 342 g/mol. The predicted octanol–water partition coefficient (Wildman–Crippen LogP) is 2.90. The van der Waals surface area contributed by atoms with Gasteiger partial charge < -0.3 is 14.8 Å². The molecule has 0 aliphatic rings. The summed E-state index contributed by atoms with van der Waals surface area (Å²) in [5.41, 5.74) is 1.22. The van der Waals surface area contributed by atoms with E-state index in [-0.39, 0.29) is 24.4 Å². The summed E-state index contributed by atoms with van der Waals surface area (Å²) >= 11 is 0. The Hall–Kier alpha value is -2.89. The number of amides is 1. The van der Waals surface area contributed by atoms with Crippen LogP contribution in [0, 0.1) is 0 Å². The SMILES string of the molecule is COc1ccc(C(=O)NC(CC(=O)OC(C)C)c2ccccc2)cn1. The second-order valence-electron chi connectivity index (χ2n) is 5.77. The first-order chi connectivity index (χ1) is 12.0. The fourth-order valence-electron chi connectivity index (χ4n) is 2.29. The Morgan fingerprint density at radius 3 is 2.40 bits per heavy atom. The van der Waals surface area contributed by atoms with Crippen molar-refractivity contribution >= 4 is 11.9 Å². The Morgan fingerprint density at radius 1 is 1.12 bits per heavy atom. The van der Waals surface area contributed by atoms with Crippen LogP contribution < -0.4 is 10.1 Å². The Kier molecular flexibility index (Phi) is 6.51. The van der Waals surface area contributed by atoms with E-state index in [9.17, 15) is 9.59 Å². The molecule has 0 fully saturated rings. The average molecular weight is 342 g/mol. The number of esters is 1. The van der Waals surface area contributed by atoms with Gasteiger partial charge in [-0.05, 0) is 25.5 Å². The van der Waals surface area contributed by atoms with Gasteiger partial charge in [0.2, 0.25) is 5.88 Å². The van der Waals surface area contributed by atoms with Crippen LogP contribution in [0.5, 0.6) is 5.88 Å². The minimum atomic E-state index is -0.484. The number of rotatable bonds is 7. The predicted molar refractivity (Wildman–Crippen MR) is 93.3 cm³/mol. The molecule has 25 heavy (non-hydrogen) atoms. The molecule has 0 radical (unpaired) electrons. The molecule has 0 bridgehead atoms. The van der Waals surface area contributed by atoms with E-state index >= 15 is 0 Å². The van der Waals surface area contributed by atoms with Gasteiger partial charge >= 0.3 is 5.97 Å². The second kappa shape index (κ2) is 8.82. The lowest BCUT2D eigenvalue weighted by Crippen LogP contribution is -2.31. The Morgan fingerprint density at radius 2 is 1.84 bits per heavy atom. The lowest BCUT2D eigenvalue weighted by molar-refractivity contribution is -0.147. The summed E-state index contributed by atoms with van der Waals surface area (Å²) in [6.07, 6.45) is 1.28. The number of benzene rings is 1. The third-order valence-electron chi connectivity index (χ3n) is 3.45. The molecule has 1 unspecified atom stereocenters. The molecule has 2 aromatic rings. The van der Waals surface area contributed by atoms with E-state index < -0.39 is 6.04 Å². The van der Waals surface area contributed by atoms with Crippen LogP contribution in [0.4, 0.5) is 0 Å². The van der Waals surface area contributed by atoms with Gasteiger partial charge in [-0.15, -0.1) is 0 Å². The molecule has 2 rings (SSSR count). The average Bonchev–Trinajstić information content (AvgIpc) is 2.61. The van der Waals surface area contributed by atoms with E-state index in [1.165, 1.54) is 13.3 Å². The van der Waals surface area contributed by atoms with Gasteiger partial charge in [0.15, 0.2) is 0 Å². The summed E-state index contributed by atoms with van der Waals surface area (Å²) < 4.78 is 10.2. The van der Waals surface area contributed by atoms with Crippen molar-refractivity contribution in [2.45, 2.75) is 32.4 Å². The fourth-order valence-corrected chi connectivity index (χ4v) is 2.29. The lowest BCUT2D eigenvalue weighted by Gasteiger charge is -2.19. The van der Waals surface area contributed by atoms with E-state index in [4.69, 9.17) is 9.47 Å². The molecule has 1 aromatic heterocycles. The first-order valence-electron chi connectivity index (χ1n) is 8.05. The van der Waals surface area contributed by atoms with Crippen molar-refractivity contribution < 1.29 is 19.1 Å². The van der Waals surface area contributed by atoms with Crippen molar-refractivity contribution in [1.82, 2.24) is 10.3 Å². The number of carbonyl (C=O) groups excluding carboxylic acids is 2. The van der Waals surface area contributed by atoms with Crippen LogP contribution in [0.25, 0.3) is 0 Å². The van der Waals surface area contributed by atoms with Gasteiger partial charge in [-0.25, -0.2) is 4.98 Å². The van der Waals surface area contributed by atoms with E-state index in [1.54, 1.807) is 26.0 Å². The molecule has 1 heterocycles. The minimum absolute atomic E-state index is 0.0531. The molecule has 6 heteroatoms. The number of ether oxygens (including phenoxy) is 2. The highest BCUT2D eigenvalue weighted by Crippen LogP contribution is 2.19. The van der Waals surface area contributed by atoms with Crippen molar-refractivity contribution in [1.29, 1.82) is 0 Å². The highest BCUT2D eigenvalue weighted by Gasteiger charge is 2.20. The smallest absolute Gasteiger partial charge is 0.308 e.